The van der Waals surface area contributed by atoms with Crippen LogP contribution in [0.2, 0.25) is 0 Å². The van der Waals surface area contributed by atoms with Crippen LogP contribution in [0.1, 0.15) is 31.7 Å². The van der Waals surface area contributed by atoms with Gasteiger partial charge in [0.15, 0.2) is 0 Å². The summed E-state index contributed by atoms with van der Waals surface area (Å²) in [4.78, 5) is 16.9. The zero-order valence-electron chi connectivity index (χ0n) is 13.5. The number of carbonyl (C=O) groups is 1. The minimum atomic E-state index is -3.33. The highest BCUT2D eigenvalue weighted by Gasteiger charge is 2.40. The predicted molar refractivity (Wildman–Crippen MR) is 86.1 cm³/mol. The lowest BCUT2D eigenvalue weighted by Gasteiger charge is -2.28. The number of nitrogens with one attached hydrogen (secondary N) is 1. The van der Waals surface area contributed by atoms with E-state index in [1.807, 2.05) is 33.8 Å². The minimum absolute atomic E-state index is 0.105. The highest BCUT2D eigenvalue weighted by Crippen LogP contribution is 2.24. The van der Waals surface area contributed by atoms with Crippen molar-refractivity contribution in [1.82, 2.24) is 9.29 Å². The first-order valence-corrected chi connectivity index (χ1v) is 9.08. The number of hydrogen-bond acceptors (Lipinski definition) is 4. The molecular formula is C15H23N3O3S. The van der Waals surface area contributed by atoms with Crippen LogP contribution in [0.3, 0.4) is 0 Å². The zero-order chi connectivity index (χ0) is 16.5. The molecule has 1 aliphatic heterocycles. The van der Waals surface area contributed by atoms with Crippen LogP contribution < -0.4 is 5.32 Å². The number of pyridine rings is 1. The number of nitrogens with zero attached hydrogens (tertiary/aromatic N) is 2. The van der Waals surface area contributed by atoms with Crippen molar-refractivity contribution >= 4 is 21.6 Å². The Kier molecular flexibility index (Phi) is 4.87. The average molecular weight is 325 g/mol. The molecule has 22 heavy (non-hydrogen) atoms. The van der Waals surface area contributed by atoms with Crippen LogP contribution in [0.25, 0.3) is 0 Å². The Morgan fingerprint density at radius 3 is 2.50 bits per heavy atom. The summed E-state index contributed by atoms with van der Waals surface area (Å²) >= 11 is 0. The number of rotatable bonds is 4. The summed E-state index contributed by atoms with van der Waals surface area (Å²) in [7, 11) is -3.33. The second-order valence-electron chi connectivity index (χ2n) is 6.04. The number of aromatic nitrogens is 1. The molecule has 2 heterocycles. The average Bonchev–Trinajstić information content (AvgIpc) is 2.73. The summed E-state index contributed by atoms with van der Waals surface area (Å²) in [5.41, 5.74) is 2.22. The summed E-state index contributed by atoms with van der Waals surface area (Å²) in [6.45, 7) is 7.83. The van der Waals surface area contributed by atoms with Crippen LogP contribution in [0, 0.1) is 19.8 Å². The van der Waals surface area contributed by atoms with Gasteiger partial charge in [-0.2, -0.15) is 4.31 Å². The third-order valence-electron chi connectivity index (χ3n) is 3.83. The molecule has 1 atom stereocenters. The molecular weight excluding hydrogens is 302 g/mol. The van der Waals surface area contributed by atoms with Crippen LogP contribution in [0.5, 0.6) is 0 Å². The molecule has 0 radical (unpaired) electrons. The van der Waals surface area contributed by atoms with E-state index in [1.165, 1.54) is 4.31 Å². The van der Waals surface area contributed by atoms with Gasteiger partial charge in [0.25, 0.3) is 0 Å². The molecule has 0 bridgehead atoms. The predicted octanol–water partition coefficient (Wildman–Crippen LogP) is 1.70. The SMILES string of the molecule is Cc1ccc(NC(=O)C(C(C)C)N2CCCS2(=O)=O)c(C)n1. The quantitative estimate of drug-likeness (QED) is 0.914. The monoisotopic (exact) mass is 325 g/mol. The van der Waals surface area contributed by atoms with E-state index < -0.39 is 16.1 Å². The molecule has 1 N–H and O–H groups in total. The van der Waals surface area contributed by atoms with E-state index in [0.717, 1.165) is 11.4 Å². The van der Waals surface area contributed by atoms with Crippen LogP contribution in [0.15, 0.2) is 12.1 Å². The lowest BCUT2D eigenvalue weighted by Crippen LogP contribution is -2.48. The summed E-state index contributed by atoms with van der Waals surface area (Å²) in [5.74, 6) is -0.282. The van der Waals surface area contributed by atoms with Crippen LogP contribution in [-0.2, 0) is 14.8 Å². The van der Waals surface area contributed by atoms with E-state index >= 15 is 0 Å². The van der Waals surface area contributed by atoms with Crippen molar-refractivity contribution in [2.75, 3.05) is 17.6 Å². The molecule has 1 amide bonds. The van der Waals surface area contributed by atoms with Crippen LogP contribution >= 0.6 is 0 Å². The number of amides is 1. The summed E-state index contributed by atoms with van der Waals surface area (Å²) in [6, 6.07) is 2.93. The molecule has 1 saturated heterocycles. The molecule has 122 valence electrons. The van der Waals surface area contributed by atoms with Crippen molar-refractivity contribution in [1.29, 1.82) is 0 Å². The second-order valence-corrected chi connectivity index (χ2v) is 8.09. The normalized spacial score (nSPS) is 19.3. The van der Waals surface area contributed by atoms with E-state index in [0.29, 0.717) is 18.7 Å². The fraction of sp³-hybridized carbons (Fsp3) is 0.600. The van der Waals surface area contributed by atoms with Crippen molar-refractivity contribution in [3.8, 4) is 0 Å². The Bertz CT molecular complexity index is 671. The Balaban J connectivity index is 2.24. The number of anilines is 1. The highest BCUT2D eigenvalue weighted by atomic mass is 32.2. The van der Waals surface area contributed by atoms with E-state index in [9.17, 15) is 13.2 Å². The molecule has 7 heteroatoms. The van der Waals surface area contributed by atoms with Crippen LogP contribution in [-0.4, -0.2) is 42.0 Å². The van der Waals surface area contributed by atoms with E-state index in [-0.39, 0.29) is 17.6 Å². The Hall–Kier alpha value is -1.47. The largest absolute Gasteiger partial charge is 0.323 e. The van der Waals surface area contributed by atoms with Crippen molar-refractivity contribution < 1.29 is 13.2 Å². The summed E-state index contributed by atoms with van der Waals surface area (Å²) in [6.07, 6.45) is 0.573. The van der Waals surface area contributed by atoms with Crippen molar-refractivity contribution in [3.63, 3.8) is 0 Å². The second kappa shape index (κ2) is 6.34. The fourth-order valence-electron chi connectivity index (χ4n) is 2.76. The first-order chi connectivity index (χ1) is 10.2. The molecule has 6 nitrogen and oxygen atoms in total. The lowest BCUT2D eigenvalue weighted by molar-refractivity contribution is -0.120. The van der Waals surface area contributed by atoms with Gasteiger partial charge in [0, 0.05) is 12.2 Å². The Morgan fingerprint density at radius 1 is 1.32 bits per heavy atom. The lowest BCUT2D eigenvalue weighted by atomic mass is 10.0. The molecule has 2 rings (SSSR count). The van der Waals surface area contributed by atoms with Crippen molar-refractivity contribution in [2.24, 2.45) is 5.92 Å². The Morgan fingerprint density at radius 2 is 2.00 bits per heavy atom. The minimum Gasteiger partial charge on any atom is -0.323 e. The molecule has 1 unspecified atom stereocenters. The standard InChI is InChI=1S/C15H23N3O3S/c1-10(2)14(18-8-5-9-22(18,20)21)15(19)17-13-7-6-11(3)16-12(13)4/h6-7,10,14H,5,8-9H2,1-4H3,(H,17,19). The first-order valence-electron chi connectivity index (χ1n) is 7.47. The van der Waals surface area contributed by atoms with Gasteiger partial charge in [-0.25, -0.2) is 8.42 Å². The molecule has 0 aliphatic carbocycles. The number of carbonyl (C=O) groups excluding carboxylic acids is 1. The van der Waals surface area contributed by atoms with Gasteiger partial charge in [-0.15, -0.1) is 0 Å². The van der Waals surface area contributed by atoms with E-state index in [4.69, 9.17) is 0 Å². The maximum atomic E-state index is 12.6. The topological polar surface area (TPSA) is 79.4 Å². The van der Waals surface area contributed by atoms with E-state index in [2.05, 4.69) is 10.3 Å². The third-order valence-corrected chi connectivity index (χ3v) is 5.76. The van der Waals surface area contributed by atoms with Gasteiger partial charge < -0.3 is 5.32 Å². The molecule has 1 aromatic rings. The molecule has 1 aliphatic rings. The third kappa shape index (κ3) is 3.47. The smallest absolute Gasteiger partial charge is 0.243 e. The maximum absolute atomic E-state index is 12.6. The van der Waals surface area contributed by atoms with Gasteiger partial charge in [0.2, 0.25) is 15.9 Å². The van der Waals surface area contributed by atoms with Crippen LogP contribution in [0.4, 0.5) is 5.69 Å². The van der Waals surface area contributed by atoms with Gasteiger partial charge in [-0.1, -0.05) is 13.8 Å². The molecule has 1 fully saturated rings. The molecule has 1 aromatic heterocycles. The van der Waals surface area contributed by atoms with Gasteiger partial charge in [0.05, 0.1) is 17.1 Å². The molecule has 0 saturated carbocycles. The maximum Gasteiger partial charge on any atom is 0.243 e. The Labute approximate surface area is 132 Å². The van der Waals surface area contributed by atoms with Gasteiger partial charge >= 0.3 is 0 Å². The van der Waals surface area contributed by atoms with Gasteiger partial charge in [-0.05, 0) is 38.3 Å². The number of sulfonamides is 1. The summed E-state index contributed by atoms with van der Waals surface area (Å²) < 4.78 is 25.6. The highest BCUT2D eigenvalue weighted by molar-refractivity contribution is 7.89. The number of hydrogen-bond donors (Lipinski definition) is 1. The van der Waals surface area contributed by atoms with Gasteiger partial charge in [-0.3, -0.25) is 9.78 Å². The first kappa shape index (κ1) is 16.9. The van der Waals surface area contributed by atoms with Crippen molar-refractivity contribution in [2.45, 2.75) is 40.2 Å². The van der Waals surface area contributed by atoms with Crippen molar-refractivity contribution in [3.05, 3.63) is 23.5 Å². The number of aryl methyl sites for hydroxylation is 2. The zero-order valence-corrected chi connectivity index (χ0v) is 14.3. The molecule has 0 aromatic carbocycles. The molecule has 0 spiro atoms. The van der Waals surface area contributed by atoms with Gasteiger partial charge in [0.1, 0.15) is 6.04 Å². The summed E-state index contributed by atoms with van der Waals surface area (Å²) in [5, 5.41) is 2.83. The fourth-order valence-corrected chi connectivity index (χ4v) is 4.58. The van der Waals surface area contributed by atoms with E-state index in [1.54, 1.807) is 6.07 Å².